The number of aromatic carboxylic acids is 1. The third-order valence-electron chi connectivity index (χ3n) is 2.86. The Kier molecular flexibility index (Phi) is 4.41. The molecule has 0 aliphatic carbocycles. The van der Waals surface area contributed by atoms with E-state index in [1.807, 2.05) is 0 Å². The molecule has 0 radical (unpaired) electrons. The topological polar surface area (TPSA) is 63.1 Å². The maximum Gasteiger partial charge on any atom is 0.433 e. The van der Waals surface area contributed by atoms with E-state index < -0.39 is 17.8 Å². The lowest BCUT2D eigenvalue weighted by Crippen LogP contribution is -2.10. The van der Waals surface area contributed by atoms with Gasteiger partial charge < -0.3 is 5.11 Å². The summed E-state index contributed by atoms with van der Waals surface area (Å²) in [4.78, 5) is 18.7. The number of nitrogens with zero attached hydrogens (tertiary/aromatic N) is 2. The molecule has 1 heterocycles. The predicted octanol–water partition coefficient (Wildman–Crippen LogP) is 3.89. The van der Waals surface area contributed by atoms with Crippen LogP contribution in [0.4, 0.5) is 13.2 Å². The van der Waals surface area contributed by atoms with Gasteiger partial charge in [0.2, 0.25) is 0 Å². The molecule has 1 N–H and O–H groups in total. The molecular weight excluding hydrogens is 317 g/mol. The molecule has 0 atom stereocenters. The van der Waals surface area contributed by atoms with Crippen molar-refractivity contribution in [3.8, 4) is 11.3 Å². The standard InChI is InChI=1S/C14H11F3N2O2S/c1-7-3-4-8(12(20)21)9(5-7)10-6-11(14(15,16)17)19-13(18-10)22-2/h3-6H,1-2H3,(H,20,21). The Morgan fingerprint density at radius 1 is 1.23 bits per heavy atom. The second-order valence-electron chi connectivity index (χ2n) is 4.48. The Bertz CT molecular complexity index is 733. The third-order valence-corrected chi connectivity index (χ3v) is 3.41. The van der Waals surface area contributed by atoms with Crippen molar-refractivity contribution >= 4 is 17.7 Å². The summed E-state index contributed by atoms with van der Waals surface area (Å²) in [5.41, 5.74) is -0.412. The molecule has 0 unspecified atom stereocenters. The van der Waals surface area contributed by atoms with E-state index in [9.17, 15) is 23.1 Å². The predicted molar refractivity (Wildman–Crippen MR) is 75.9 cm³/mol. The molecule has 116 valence electrons. The normalized spacial score (nSPS) is 11.5. The van der Waals surface area contributed by atoms with Gasteiger partial charge in [-0.05, 0) is 31.4 Å². The van der Waals surface area contributed by atoms with E-state index in [0.29, 0.717) is 0 Å². The lowest BCUT2D eigenvalue weighted by atomic mass is 10.0. The molecule has 2 aromatic rings. The molecule has 0 amide bonds. The Morgan fingerprint density at radius 2 is 1.91 bits per heavy atom. The molecule has 0 aliphatic rings. The quantitative estimate of drug-likeness (QED) is 0.684. The molecule has 0 bridgehead atoms. The van der Waals surface area contributed by atoms with E-state index >= 15 is 0 Å². The van der Waals surface area contributed by atoms with Crippen LogP contribution in [0.3, 0.4) is 0 Å². The fraction of sp³-hybridized carbons (Fsp3) is 0.214. The summed E-state index contributed by atoms with van der Waals surface area (Å²) in [6.07, 6.45) is -3.08. The molecule has 2 rings (SSSR count). The molecule has 1 aromatic heterocycles. The van der Waals surface area contributed by atoms with Crippen molar-refractivity contribution in [3.63, 3.8) is 0 Å². The second kappa shape index (κ2) is 5.96. The SMILES string of the molecule is CSc1nc(-c2cc(C)ccc2C(=O)O)cc(C(F)(F)F)n1. The lowest BCUT2D eigenvalue weighted by Gasteiger charge is -2.11. The van der Waals surface area contributed by atoms with Crippen LogP contribution in [-0.4, -0.2) is 27.3 Å². The van der Waals surface area contributed by atoms with E-state index in [0.717, 1.165) is 23.4 Å². The Morgan fingerprint density at radius 3 is 2.45 bits per heavy atom. The van der Waals surface area contributed by atoms with E-state index in [2.05, 4.69) is 9.97 Å². The molecule has 0 fully saturated rings. The molecule has 1 aromatic carbocycles. The molecular formula is C14H11F3N2O2S. The van der Waals surface area contributed by atoms with Gasteiger partial charge >= 0.3 is 12.1 Å². The van der Waals surface area contributed by atoms with Gasteiger partial charge in [0.15, 0.2) is 5.16 Å². The maximum absolute atomic E-state index is 12.9. The van der Waals surface area contributed by atoms with Gasteiger partial charge in [-0.15, -0.1) is 0 Å². The molecule has 22 heavy (non-hydrogen) atoms. The first kappa shape index (κ1) is 16.3. The van der Waals surface area contributed by atoms with Gasteiger partial charge in [-0.1, -0.05) is 23.4 Å². The summed E-state index contributed by atoms with van der Waals surface area (Å²) < 4.78 is 38.8. The largest absolute Gasteiger partial charge is 0.478 e. The number of rotatable bonds is 3. The monoisotopic (exact) mass is 328 g/mol. The summed E-state index contributed by atoms with van der Waals surface area (Å²) in [6.45, 7) is 1.72. The van der Waals surface area contributed by atoms with Crippen molar-refractivity contribution in [1.29, 1.82) is 0 Å². The second-order valence-corrected chi connectivity index (χ2v) is 5.25. The number of hydrogen-bond donors (Lipinski definition) is 1. The van der Waals surface area contributed by atoms with Gasteiger partial charge in [0.05, 0.1) is 11.3 Å². The number of carbonyl (C=O) groups is 1. The zero-order valence-corrected chi connectivity index (χ0v) is 12.4. The number of aromatic nitrogens is 2. The van der Waals surface area contributed by atoms with Crippen molar-refractivity contribution in [1.82, 2.24) is 9.97 Å². The highest BCUT2D eigenvalue weighted by Crippen LogP contribution is 2.32. The van der Waals surface area contributed by atoms with E-state index in [4.69, 9.17) is 0 Å². The summed E-state index contributed by atoms with van der Waals surface area (Å²) in [7, 11) is 0. The highest BCUT2D eigenvalue weighted by molar-refractivity contribution is 7.98. The first-order valence-corrected chi connectivity index (χ1v) is 7.29. The van der Waals surface area contributed by atoms with Crippen molar-refractivity contribution in [3.05, 3.63) is 41.1 Å². The average molecular weight is 328 g/mol. The number of alkyl halides is 3. The van der Waals surface area contributed by atoms with E-state index in [1.165, 1.54) is 12.1 Å². The highest BCUT2D eigenvalue weighted by atomic mass is 32.2. The van der Waals surface area contributed by atoms with Crippen LogP contribution < -0.4 is 0 Å². The van der Waals surface area contributed by atoms with Gasteiger partial charge in [-0.2, -0.15) is 13.2 Å². The van der Waals surface area contributed by atoms with Gasteiger partial charge in [0, 0.05) is 5.56 Å². The van der Waals surface area contributed by atoms with E-state index in [1.54, 1.807) is 19.2 Å². The molecule has 8 heteroatoms. The first-order chi connectivity index (χ1) is 10.2. The van der Waals surface area contributed by atoms with Crippen LogP contribution in [0, 0.1) is 6.92 Å². The van der Waals surface area contributed by atoms with Gasteiger partial charge in [0.25, 0.3) is 0 Å². The van der Waals surface area contributed by atoms with Crippen LogP contribution in [0.15, 0.2) is 29.4 Å². The van der Waals surface area contributed by atoms with Crippen molar-refractivity contribution < 1.29 is 23.1 Å². The van der Waals surface area contributed by atoms with Gasteiger partial charge in [0.1, 0.15) is 5.69 Å². The Hall–Kier alpha value is -2.09. The Balaban J connectivity index is 2.72. The van der Waals surface area contributed by atoms with Gasteiger partial charge in [-0.25, -0.2) is 14.8 Å². The first-order valence-electron chi connectivity index (χ1n) is 6.07. The molecule has 4 nitrogen and oxygen atoms in total. The van der Waals surface area contributed by atoms with E-state index in [-0.39, 0.29) is 22.0 Å². The smallest absolute Gasteiger partial charge is 0.433 e. The van der Waals surface area contributed by atoms with Crippen LogP contribution in [-0.2, 0) is 6.18 Å². The number of halogens is 3. The number of carboxylic acids is 1. The molecule has 0 aliphatic heterocycles. The fourth-order valence-electron chi connectivity index (χ4n) is 1.86. The summed E-state index contributed by atoms with van der Waals surface area (Å²) in [5.74, 6) is -1.23. The maximum atomic E-state index is 12.9. The highest BCUT2D eigenvalue weighted by Gasteiger charge is 2.34. The number of hydrogen-bond acceptors (Lipinski definition) is 4. The third kappa shape index (κ3) is 3.38. The van der Waals surface area contributed by atoms with Crippen LogP contribution in [0.1, 0.15) is 21.6 Å². The summed E-state index contributed by atoms with van der Waals surface area (Å²) in [6, 6.07) is 5.19. The number of thioether (sulfide) groups is 1. The average Bonchev–Trinajstić information content (AvgIpc) is 2.45. The van der Waals surface area contributed by atoms with Crippen molar-refractivity contribution in [2.75, 3.05) is 6.26 Å². The minimum atomic E-state index is -4.63. The summed E-state index contributed by atoms with van der Waals surface area (Å²) in [5, 5.41) is 9.14. The zero-order valence-electron chi connectivity index (χ0n) is 11.6. The lowest BCUT2D eigenvalue weighted by molar-refractivity contribution is -0.141. The Labute approximate surface area is 128 Å². The zero-order chi connectivity index (χ0) is 16.5. The molecule has 0 spiro atoms. The van der Waals surface area contributed by atoms with Crippen LogP contribution >= 0.6 is 11.8 Å². The number of carboxylic acid groups (broad SMARTS) is 1. The van der Waals surface area contributed by atoms with Crippen LogP contribution in [0.2, 0.25) is 0 Å². The van der Waals surface area contributed by atoms with Crippen LogP contribution in [0.25, 0.3) is 11.3 Å². The summed E-state index contributed by atoms with van der Waals surface area (Å²) >= 11 is 0.957. The van der Waals surface area contributed by atoms with Crippen molar-refractivity contribution in [2.24, 2.45) is 0 Å². The minimum absolute atomic E-state index is 0.0622. The molecule has 0 saturated heterocycles. The van der Waals surface area contributed by atoms with Gasteiger partial charge in [-0.3, -0.25) is 0 Å². The van der Waals surface area contributed by atoms with Crippen LogP contribution in [0.5, 0.6) is 0 Å². The minimum Gasteiger partial charge on any atom is -0.478 e. The fourth-order valence-corrected chi connectivity index (χ4v) is 2.24. The molecule has 0 saturated carbocycles. The van der Waals surface area contributed by atoms with Crippen molar-refractivity contribution in [2.45, 2.75) is 18.3 Å². The number of benzene rings is 1. The number of aryl methyl sites for hydroxylation is 1.